The molecule has 0 radical (unpaired) electrons. The Hall–Kier alpha value is -1.04. The first-order valence-corrected chi connectivity index (χ1v) is 4.37. The number of halogens is 3. The van der Waals surface area contributed by atoms with Crippen LogP contribution >= 0.6 is 15.9 Å². The number of alkyl halides is 1. The number of rotatable bonds is 2. The van der Waals surface area contributed by atoms with Gasteiger partial charge in [0, 0.05) is 17.0 Å². The number of benzene rings is 1. The van der Waals surface area contributed by atoms with Crippen LogP contribution in [0.3, 0.4) is 0 Å². The number of hydrogen-bond donors (Lipinski definition) is 0. The van der Waals surface area contributed by atoms with Crippen LogP contribution in [-0.2, 0) is 5.33 Å². The molecule has 0 unspecified atom stereocenters. The maximum Gasteiger partial charge on any atom is 0.305 e. The molecule has 13 heavy (non-hydrogen) atoms. The van der Waals surface area contributed by atoms with Crippen molar-refractivity contribution in [3.63, 3.8) is 0 Å². The summed E-state index contributed by atoms with van der Waals surface area (Å²) >= 11 is 2.84. The second kappa shape index (κ2) is 3.78. The van der Waals surface area contributed by atoms with E-state index in [-0.39, 0.29) is 10.9 Å². The van der Waals surface area contributed by atoms with Crippen LogP contribution in [-0.4, -0.2) is 4.92 Å². The van der Waals surface area contributed by atoms with Crippen molar-refractivity contribution in [2.24, 2.45) is 0 Å². The minimum Gasteiger partial charge on any atom is -0.258 e. The van der Waals surface area contributed by atoms with Gasteiger partial charge in [0.25, 0.3) is 0 Å². The predicted molar refractivity (Wildman–Crippen MR) is 45.6 cm³/mol. The van der Waals surface area contributed by atoms with Crippen molar-refractivity contribution in [1.29, 1.82) is 0 Å². The number of nitro groups is 1. The van der Waals surface area contributed by atoms with E-state index in [1.165, 1.54) is 0 Å². The Kier molecular flexibility index (Phi) is 2.92. The van der Waals surface area contributed by atoms with E-state index in [1.54, 1.807) is 0 Å². The van der Waals surface area contributed by atoms with Crippen molar-refractivity contribution < 1.29 is 13.7 Å². The lowest BCUT2D eigenvalue weighted by molar-refractivity contribution is -0.387. The lowest BCUT2D eigenvalue weighted by atomic mass is 10.2. The summed E-state index contributed by atoms with van der Waals surface area (Å²) in [5, 5.41) is 10.1. The van der Waals surface area contributed by atoms with Crippen LogP contribution in [0.25, 0.3) is 0 Å². The van der Waals surface area contributed by atoms with Gasteiger partial charge in [-0.1, -0.05) is 15.9 Å². The molecule has 0 amide bonds. The Morgan fingerprint density at radius 2 is 2.08 bits per heavy atom. The van der Waals surface area contributed by atoms with Crippen LogP contribution in [0, 0.1) is 21.7 Å². The summed E-state index contributed by atoms with van der Waals surface area (Å²) in [5.41, 5.74) is -1.04. The molecule has 0 aromatic heterocycles. The van der Waals surface area contributed by atoms with Gasteiger partial charge in [-0.25, -0.2) is 4.39 Å². The molecule has 0 aliphatic rings. The Morgan fingerprint density at radius 3 is 2.54 bits per heavy atom. The molecule has 6 heteroatoms. The van der Waals surface area contributed by atoms with Crippen molar-refractivity contribution in [1.82, 2.24) is 0 Å². The fourth-order valence-electron chi connectivity index (χ4n) is 0.849. The van der Waals surface area contributed by atoms with E-state index in [2.05, 4.69) is 15.9 Å². The van der Waals surface area contributed by atoms with Gasteiger partial charge in [-0.3, -0.25) is 10.1 Å². The predicted octanol–water partition coefficient (Wildman–Crippen LogP) is 2.77. The van der Waals surface area contributed by atoms with E-state index in [4.69, 9.17) is 0 Å². The minimum absolute atomic E-state index is 0.0909. The standard InChI is InChI=1S/C7H4BrF2NO2/c8-3-4-5(9)1-2-6(7(4)10)11(12)13/h1-2H,3H2. The Bertz CT molecular complexity index is 357. The van der Waals surface area contributed by atoms with Crippen LogP contribution < -0.4 is 0 Å². The third-order valence-corrected chi connectivity index (χ3v) is 2.06. The maximum absolute atomic E-state index is 13.1. The monoisotopic (exact) mass is 251 g/mol. The lowest BCUT2D eigenvalue weighted by Gasteiger charge is -2.00. The van der Waals surface area contributed by atoms with E-state index < -0.39 is 22.2 Å². The summed E-state index contributed by atoms with van der Waals surface area (Å²) in [6.45, 7) is 0. The zero-order valence-electron chi connectivity index (χ0n) is 6.26. The Balaban J connectivity index is 3.35. The van der Waals surface area contributed by atoms with Crippen molar-refractivity contribution in [3.05, 3.63) is 39.4 Å². The SMILES string of the molecule is O=[N+]([O-])c1ccc(F)c(CBr)c1F. The molecule has 0 spiro atoms. The fourth-order valence-corrected chi connectivity index (χ4v) is 1.36. The molecule has 0 fully saturated rings. The van der Waals surface area contributed by atoms with Gasteiger partial charge < -0.3 is 0 Å². The highest BCUT2D eigenvalue weighted by atomic mass is 79.9. The highest BCUT2D eigenvalue weighted by molar-refractivity contribution is 9.08. The summed E-state index contributed by atoms with van der Waals surface area (Å²) in [7, 11) is 0. The summed E-state index contributed by atoms with van der Waals surface area (Å²) in [6, 6.07) is 1.68. The topological polar surface area (TPSA) is 43.1 Å². The molecule has 3 nitrogen and oxygen atoms in total. The van der Waals surface area contributed by atoms with Crippen molar-refractivity contribution >= 4 is 21.6 Å². The number of nitro benzene ring substituents is 1. The molecule has 0 saturated heterocycles. The van der Waals surface area contributed by atoms with E-state index in [1.807, 2.05) is 0 Å². The van der Waals surface area contributed by atoms with Gasteiger partial charge in [0.2, 0.25) is 5.82 Å². The first-order chi connectivity index (χ1) is 6.07. The van der Waals surface area contributed by atoms with Crippen LogP contribution in [0.15, 0.2) is 12.1 Å². The maximum atomic E-state index is 13.1. The minimum atomic E-state index is -1.12. The van der Waals surface area contributed by atoms with Gasteiger partial charge in [-0.15, -0.1) is 0 Å². The molecule has 70 valence electrons. The Labute approximate surface area is 80.6 Å². The van der Waals surface area contributed by atoms with E-state index >= 15 is 0 Å². The van der Waals surface area contributed by atoms with E-state index in [0.717, 1.165) is 12.1 Å². The van der Waals surface area contributed by atoms with Gasteiger partial charge in [0.1, 0.15) is 5.82 Å². The van der Waals surface area contributed by atoms with Gasteiger partial charge in [0.15, 0.2) is 0 Å². The summed E-state index contributed by atoms with van der Waals surface area (Å²) in [5.74, 6) is -1.91. The summed E-state index contributed by atoms with van der Waals surface area (Å²) < 4.78 is 25.9. The summed E-state index contributed by atoms with van der Waals surface area (Å²) in [4.78, 5) is 9.34. The molecule has 0 atom stereocenters. The first-order valence-electron chi connectivity index (χ1n) is 3.25. The second-order valence-electron chi connectivity index (χ2n) is 2.25. The molecule has 0 bridgehead atoms. The molecule has 1 aromatic carbocycles. The molecule has 0 aliphatic heterocycles. The normalized spacial score (nSPS) is 10.1. The number of nitrogens with zero attached hydrogens (tertiary/aromatic N) is 1. The van der Waals surface area contributed by atoms with Gasteiger partial charge in [-0.05, 0) is 6.07 Å². The molecule has 0 aliphatic carbocycles. The molecule has 0 saturated carbocycles. The second-order valence-corrected chi connectivity index (χ2v) is 2.81. The largest absolute Gasteiger partial charge is 0.305 e. The highest BCUT2D eigenvalue weighted by Crippen LogP contribution is 2.24. The smallest absolute Gasteiger partial charge is 0.258 e. The van der Waals surface area contributed by atoms with Crippen LogP contribution in [0.1, 0.15) is 5.56 Å². The van der Waals surface area contributed by atoms with Crippen LogP contribution in [0.2, 0.25) is 0 Å². The quantitative estimate of drug-likeness (QED) is 0.461. The van der Waals surface area contributed by atoms with Crippen molar-refractivity contribution in [2.75, 3.05) is 0 Å². The van der Waals surface area contributed by atoms with Crippen molar-refractivity contribution in [3.8, 4) is 0 Å². The van der Waals surface area contributed by atoms with E-state index in [0.29, 0.717) is 0 Å². The van der Waals surface area contributed by atoms with Crippen LogP contribution in [0.5, 0.6) is 0 Å². The van der Waals surface area contributed by atoms with Gasteiger partial charge in [0.05, 0.1) is 4.92 Å². The first kappa shape index (κ1) is 10.0. The van der Waals surface area contributed by atoms with Crippen LogP contribution in [0.4, 0.5) is 14.5 Å². The molecule has 0 N–H and O–H groups in total. The molecular weight excluding hydrogens is 248 g/mol. The zero-order valence-corrected chi connectivity index (χ0v) is 7.85. The third kappa shape index (κ3) is 1.82. The lowest BCUT2D eigenvalue weighted by Crippen LogP contribution is -1.98. The molecular formula is C7H4BrF2NO2. The average molecular weight is 252 g/mol. The van der Waals surface area contributed by atoms with E-state index in [9.17, 15) is 18.9 Å². The summed E-state index contributed by atoms with van der Waals surface area (Å²) in [6.07, 6.45) is 0. The average Bonchev–Trinajstić information content (AvgIpc) is 2.04. The molecule has 0 heterocycles. The number of hydrogen-bond acceptors (Lipinski definition) is 2. The van der Waals surface area contributed by atoms with Gasteiger partial charge in [-0.2, -0.15) is 4.39 Å². The highest BCUT2D eigenvalue weighted by Gasteiger charge is 2.19. The zero-order chi connectivity index (χ0) is 10.0. The molecule has 1 rings (SSSR count). The van der Waals surface area contributed by atoms with Crippen molar-refractivity contribution in [2.45, 2.75) is 5.33 Å². The Morgan fingerprint density at radius 1 is 1.46 bits per heavy atom. The fraction of sp³-hybridized carbons (Fsp3) is 0.143. The molecule has 1 aromatic rings. The van der Waals surface area contributed by atoms with Gasteiger partial charge >= 0.3 is 5.69 Å². The third-order valence-electron chi connectivity index (χ3n) is 1.50.